The van der Waals surface area contributed by atoms with Gasteiger partial charge in [-0.2, -0.15) is 13.2 Å². The molecule has 0 spiro atoms. The average Bonchev–Trinajstić information content (AvgIpc) is 2.65. The maximum atomic E-state index is 13.3. The van der Waals surface area contributed by atoms with E-state index in [4.69, 9.17) is 4.74 Å². The highest BCUT2D eigenvalue weighted by molar-refractivity contribution is 5.89. The zero-order valence-electron chi connectivity index (χ0n) is 13.7. The Labute approximate surface area is 134 Å². The van der Waals surface area contributed by atoms with Gasteiger partial charge in [-0.25, -0.2) is 4.79 Å². The highest BCUT2D eigenvalue weighted by Crippen LogP contribution is 2.38. The zero-order chi connectivity index (χ0) is 17.2. The predicted molar refractivity (Wildman–Crippen MR) is 82.7 cm³/mol. The van der Waals surface area contributed by atoms with Gasteiger partial charge in [0.2, 0.25) is 0 Å². The molecule has 1 amide bonds. The first-order chi connectivity index (χ1) is 10.7. The van der Waals surface area contributed by atoms with Crippen molar-refractivity contribution in [2.24, 2.45) is 0 Å². The number of anilines is 1. The van der Waals surface area contributed by atoms with E-state index in [1.54, 1.807) is 26.8 Å². The molecule has 0 aromatic heterocycles. The van der Waals surface area contributed by atoms with Gasteiger partial charge in [0.15, 0.2) is 0 Å². The van der Waals surface area contributed by atoms with Gasteiger partial charge in [0.25, 0.3) is 0 Å². The number of benzene rings is 1. The smallest absolute Gasteiger partial charge is 0.416 e. The highest BCUT2D eigenvalue weighted by atomic mass is 19.4. The third kappa shape index (κ3) is 3.98. The molecule has 0 saturated carbocycles. The number of fused-ring (bicyclic) bond motifs is 1. The molecule has 0 unspecified atom stereocenters. The van der Waals surface area contributed by atoms with Crippen LogP contribution in [0.3, 0.4) is 0 Å². The molecule has 0 fully saturated rings. The Bertz CT molecular complexity index is 582. The molecule has 1 aliphatic heterocycles. The first-order valence-electron chi connectivity index (χ1n) is 7.95. The summed E-state index contributed by atoms with van der Waals surface area (Å²) in [4.78, 5) is 13.6. The fraction of sp³-hybridized carbons (Fsp3) is 0.588. The molecule has 1 aromatic rings. The van der Waals surface area contributed by atoms with Gasteiger partial charge in [-0.3, -0.25) is 4.90 Å². The van der Waals surface area contributed by atoms with Crippen molar-refractivity contribution in [2.75, 3.05) is 11.4 Å². The largest absolute Gasteiger partial charge is 0.446 e. The molecule has 1 heterocycles. The molecule has 0 saturated heterocycles. The van der Waals surface area contributed by atoms with Gasteiger partial charge in [-0.1, -0.05) is 13.0 Å². The van der Waals surface area contributed by atoms with E-state index in [1.807, 2.05) is 0 Å². The van der Waals surface area contributed by atoms with Crippen molar-refractivity contribution >= 4 is 11.8 Å². The summed E-state index contributed by atoms with van der Waals surface area (Å²) in [5.41, 5.74) is 0.726. The second-order valence-corrected chi connectivity index (χ2v) is 6.03. The van der Waals surface area contributed by atoms with Crippen molar-refractivity contribution < 1.29 is 22.7 Å². The van der Waals surface area contributed by atoms with Crippen LogP contribution >= 0.6 is 0 Å². The Morgan fingerprint density at radius 2 is 2.00 bits per heavy atom. The van der Waals surface area contributed by atoms with Crippen molar-refractivity contribution in [2.45, 2.75) is 58.7 Å². The number of carbonyl (C=O) groups excluding carboxylic acids is 1. The Kier molecular flexibility index (Phi) is 5.22. The maximum Gasteiger partial charge on any atom is 0.416 e. The van der Waals surface area contributed by atoms with Crippen LogP contribution in [0.5, 0.6) is 0 Å². The number of alkyl halides is 3. The molecule has 0 aliphatic carbocycles. The number of ether oxygens (including phenoxy) is 1. The average molecular weight is 329 g/mol. The molecular formula is C17H22F3NO2. The Morgan fingerprint density at radius 3 is 2.57 bits per heavy atom. The van der Waals surface area contributed by atoms with Gasteiger partial charge in [0, 0.05) is 6.54 Å². The van der Waals surface area contributed by atoms with Gasteiger partial charge in [-0.05, 0) is 56.7 Å². The van der Waals surface area contributed by atoms with E-state index in [2.05, 4.69) is 0 Å². The van der Waals surface area contributed by atoms with Crippen LogP contribution in [0, 0.1) is 0 Å². The van der Waals surface area contributed by atoms with Crippen molar-refractivity contribution in [3.8, 4) is 0 Å². The Morgan fingerprint density at radius 1 is 1.30 bits per heavy atom. The van der Waals surface area contributed by atoms with E-state index in [1.165, 1.54) is 4.90 Å². The van der Waals surface area contributed by atoms with Crippen LogP contribution in [0.2, 0.25) is 0 Å². The summed E-state index contributed by atoms with van der Waals surface area (Å²) >= 11 is 0. The summed E-state index contributed by atoms with van der Waals surface area (Å²) in [5, 5.41) is 0. The molecule has 0 N–H and O–H groups in total. The van der Waals surface area contributed by atoms with Crippen molar-refractivity contribution in [3.05, 3.63) is 28.8 Å². The van der Waals surface area contributed by atoms with Crippen molar-refractivity contribution in [3.63, 3.8) is 0 Å². The van der Waals surface area contributed by atoms with E-state index in [0.717, 1.165) is 24.5 Å². The van der Waals surface area contributed by atoms with Crippen LogP contribution in [0.15, 0.2) is 12.1 Å². The number of aryl methyl sites for hydroxylation is 2. The lowest BCUT2D eigenvalue weighted by atomic mass is 9.97. The van der Waals surface area contributed by atoms with E-state index >= 15 is 0 Å². The quantitative estimate of drug-likeness (QED) is 0.768. The topological polar surface area (TPSA) is 29.5 Å². The highest BCUT2D eigenvalue weighted by Gasteiger charge is 2.35. The Hall–Kier alpha value is -1.72. The molecule has 0 bridgehead atoms. The van der Waals surface area contributed by atoms with Gasteiger partial charge in [0.1, 0.15) is 0 Å². The van der Waals surface area contributed by atoms with Crippen LogP contribution in [0.1, 0.15) is 50.3 Å². The normalized spacial score (nSPS) is 15.3. The van der Waals surface area contributed by atoms with Gasteiger partial charge in [0.05, 0.1) is 17.4 Å². The van der Waals surface area contributed by atoms with Gasteiger partial charge >= 0.3 is 12.3 Å². The number of carbonyl (C=O) groups is 1. The Balaban J connectivity index is 2.52. The number of rotatable bonds is 2. The monoisotopic (exact) mass is 329 g/mol. The fourth-order valence-electron chi connectivity index (χ4n) is 2.85. The maximum absolute atomic E-state index is 13.3. The van der Waals surface area contributed by atoms with Crippen LogP contribution in [0.4, 0.5) is 23.7 Å². The van der Waals surface area contributed by atoms with Crippen LogP contribution < -0.4 is 4.90 Å². The fourth-order valence-corrected chi connectivity index (χ4v) is 2.85. The number of amides is 1. The molecule has 2 rings (SSSR count). The van der Waals surface area contributed by atoms with Crippen LogP contribution in [-0.4, -0.2) is 18.7 Å². The lowest BCUT2D eigenvalue weighted by Crippen LogP contribution is -2.34. The van der Waals surface area contributed by atoms with Crippen LogP contribution in [0.25, 0.3) is 0 Å². The lowest BCUT2D eigenvalue weighted by molar-refractivity contribution is -0.138. The molecule has 1 aromatic carbocycles. The van der Waals surface area contributed by atoms with Gasteiger partial charge in [-0.15, -0.1) is 0 Å². The molecular weight excluding hydrogens is 307 g/mol. The number of halogens is 3. The van der Waals surface area contributed by atoms with E-state index in [0.29, 0.717) is 25.1 Å². The van der Waals surface area contributed by atoms with Gasteiger partial charge < -0.3 is 4.74 Å². The molecule has 23 heavy (non-hydrogen) atoms. The zero-order valence-corrected chi connectivity index (χ0v) is 13.7. The second kappa shape index (κ2) is 6.81. The van der Waals surface area contributed by atoms with Crippen molar-refractivity contribution in [1.29, 1.82) is 0 Å². The predicted octanol–water partition coefficient (Wildman–Crippen LogP) is 4.96. The second-order valence-electron chi connectivity index (χ2n) is 6.03. The number of hydrogen-bond donors (Lipinski definition) is 0. The summed E-state index contributed by atoms with van der Waals surface area (Å²) in [5.74, 6) is 0. The first kappa shape index (κ1) is 17.6. The molecule has 128 valence electrons. The standard InChI is InChI=1S/C17H22F3NO2/c1-4-12-9-13-7-5-6-8-21(16(22)23-11(2)3)15(13)10-14(12)17(18,19)20/h9-11H,4-8H2,1-3H3. The van der Waals surface area contributed by atoms with E-state index < -0.39 is 17.8 Å². The minimum atomic E-state index is -4.43. The summed E-state index contributed by atoms with van der Waals surface area (Å²) in [6.45, 7) is 5.52. The lowest BCUT2D eigenvalue weighted by Gasteiger charge is -2.25. The van der Waals surface area contributed by atoms with Crippen LogP contribution in [-0.2, 0) is 23.8 Å². The molecule has 1 aliphatic rings. The third-order valence-electron chi connectivity index (χ3n) is 3.92. The number of hydrogen-bond acceptors (Lipinski definition) is 2. The van der Waals surface area contributed by atoms with Crippen molar-refractivity contribution in [1.82, 2.24) is 0 Å². The molecule has 0 atom stereocenters. The minimum absolute atomic E-state index is 0.273. The summed E-state index contributed by atoms with van der Waals surface area (Å²) in [6, 6.07) is 2.71. The first-order valence-corrected chi connectivity index (χ1v) is 7.95. The van der Waals surface area contributed by atoms with E-state index in [9.17, 15) is 18.0 Å². The SMILES string of the molecule is CCc1cc2c(cc1C(F)(F)F)N(C(=O)OC(C)C)CCCC2. The third-order valence-corrected chi connectivity index (χ3v) is 3.92. The minimum Gasteiger partial charge on any atom is -0.446 e. The summed E-state index contributed by atoms with van der Waals surface area (Å²) < 4.78 is 45.1. The summed E-state index contributed by atoms with van der Waals surface area (Å²) in [7, 11) is 0. The summed E-state index contributed by atoms with van der Waals surface area (Å²) in [6.07, 6.45) is -2.77. The number of nitrogens with zero attached hydrogens (tertiary/aromatic N) is 1. The molecule has 6 heteroatoms. The molecule has 3 nitrogen and oxygen atoms in total. The molecule has 0 radical (unpaired) electrons. The van der Waals surface area contributed by atoms with E-state index in [-0.39, 0.29) is 11.7 Å².